The molecule has 0 saturated carbocycles. The molecule has 0 aliphatic rings. The van der Waals surface area contributed by atoms with E-state index >= 15 is 0 Å². The minimum absolute atomic E-state index is 0.0300. The number of methoxy groups -OCH3 is 1. The number of halogens is 3. The Morgan fingerprint density at radius 1 is 0.844 bits per heavy atom. The van der Waals surface area contributed by atoms with Crippen LogP contribution in [0.1, 0.15) is 36.7 Å². The molecule has 0 fully saturated rings. The first-order chi connectivity index (χ1) is 15.0. The van der Waals surface area contributed by atoms with E-state index in [-0.39, 0.29) is 11.2 Å². The number of carbonyl (C=O) groups is 1. The Kier molecular flexibility index (Phi) is 6.88. The zero-order valence-electron chi connectivity index (χ0n) is 18.1. The zero-order valence-corrected chi connectivity index (χ0v) is 18.9. The average molecular weight is 461 g/mol. The molecule has 32 heavy (non-hydrogen) atoms. The maximum absolute atomic E-state index is 12.4. The first kappa shape index (κ1) is 23.7. The minimum Gasteiger partial charge on any atom is -0.465 e. The lowest BCUT2D eigenvalue weighted by atomic mass is 9.87. The Labute approximate surface area is 189 Å². The molecule has 0 aromatic heterocycles. The van der Waals surface area contributed by atoms with Crippen molar-refractivity contribution >= 4 is 17.7 Å². The standard InChI is InChI=1S/C25H23F3O3S/c1-24(2,3)18-8-12-20(13-9-18)32-22-15-17(7-14-21(22)23(29)30-4)16-5-10-19(11-6-16)31-25(26,27)28/h5-15H,1-4H3. The third kappa shape index (κ3) is 6.07. The highest BCUT2D eigenvalue weighted by Crippen LogP contribution is 2.36. The molecule has 0 aliphatic carbocycles. The predicted molar refractivity (Wildman–Crippen MR) is 119 cm³/mol. The van der Waals surface area contributed by atoms with Crippen molar-refractivity contribution in [1.29, 1.82) is 0 Å². The van der Waals surface area contributed by atoms with Crippen molar-refractivity contribution in [1.82, 2.24) is 0 Å². The van der Waals surface area contributed by atoms with Crippen LogP contribution in [0.25, 0.3) is 11.1 Å². The highest BCUT2D eigenvalue weighted by atomic mass is 32.2. The fraction of sp³-hybridized carbons (Fsp3) is 0.240. The van der Waals surface area contributed by atoms with E-state index in [1.54, 1.807) is 24.3 Å². The number of alkyl halides is 3. The summed E-state index contributed by atoms with van der Waals surface area (Å²) >= 11 is 1.42. The summed E-state index contributed by atoms with van der Waals surface area (Å²) in [7, 11) is 1.32. The van der Waals surface area contributed by atoms with Gasteiger partial charge in [-0.2, -0.15) is 0 Å². The van der Waals surface area contributed by atoms with E-state index in [1.165, 1.54) is 36.6 Å². The molecule has 168 valence electrons. The highest BCUT2D eigenvalue weighted by Gasteiger charge is 2.31. The summed E-state index contributed by atoms with van der Waals surface area (Å²) in [5, 5.41) is 0. The quantitative estimate of drug-likeness (QED) is 0.370. The smallest absolute Gasteiger partial charge is 0.465 e. The van der Waals surface area contributed by atoms with Gasteiger partial charge in [0.25, 0.3) is 0 Å². The number of ether oxygens (including phenoxy) is 2. The van der Waals surface area contributed by atoms with Crippen molar-refractivity contribution in [2.24, 2.45) is 0 Å². The zero-order chi connectivity index (χ0) is 23.5. The van der Waals surface area contributed by atoms with Crippen LogP contribution in [0.5, 0.6) is 5.75 Å². The molecule has 3 aromatic carbocycles. The average Bonchev–Trinajstić information content (AvgIpc) is 2.72. The fourth-order valence-corrected chi connectivity index (χ4v) is 4.04. The molecule has 7 heteroatoms. The van der Waals surface area contributed by atoms with Crippen molar-refractivity contribution in [2.45, 2.75) is 42.3 Å². The SMILES string of the molecule is COC(=O)c1ccc(-c2ccc(OC(F)(F)F)cc2)cc1Sc1ccc(C(C)(C)C)cc1. The van der Waals surface area contributed by atoms with Crippen LogP contribution in [0.2, 0.25) is 0 Å². The fourth-order valence-electron chi connectivity index (χ4n) is 3.06. The summed E-state index contributed by atoms with van der Waals surface area (Å²) in [6.45, 7) is 6.41. The monoisotopic (exact) mass is 460 g/mol. The molecule has 0 aliphatic heterocycles. The third-order valence-electron chi connectivity index (χ3n) is 4.76. The highest BCUT2D eigenvalue weighted by molar-refractivity contribution is 7.99. The molecule has 3 nitrogen and oxygen atoms in total. The summed E-state index contributed by atoms with van der Waals surface area (Å²) in [6.07, 6.45) is -4.74. The molecule has 0 N–H and O–H groups in total. The van der Waals surface area contributed by atoms with Gasteiger partial charge in [0.2, 0.25) is 0 Å². The van der Waals surface area contributed by atoms with Crippen LogP contribution in [0.4, 0.5) is 13.2 Å². The Hall–Kier alpha value is -2.93. The molecule has 0 bridgehead atoms. The van der Waals surface area contributed by atoms with Crippen LogP contribution >= 0.6 is 11.8 Å². The minimum atomic E-state index is -4.74. The van der Waals surface area contributed by atoms with Gasteiger partial charge >= 0.3 is 12.3 Å². The Morgan fingerprint density at radius 3 is 1.97 bits per heavy atom. The van der Waals surface area contributed by atoms with E-state index < -0.39 is 12.3 Å². The Bertz CT molecular complexity index is 1080. The van der Waals surface area contributed by atoms with Gasteiger partial charge < -0.3 is 9.47 Å². The molecule has 0 radical (unpaired) electrons. The van der Waals surface area contributed by atoms with Crippen molar-refractivity contribution in [2.75, 3.05) is 7.11 Å². The summed E-state index contributed by atoms with van der Waals surface area (Å²) in [6, 6.07) is 18.9. The molecular weight excluding hydrogens is 437 g/mol. The Balaban J connectivity index is 1.92. The second-order valence-electron chi connectivity index (χ2n) is 8.15. The van der Waals surface area contributed by atoms with E-state index in [4.69, 9.17) is 4.74 Å². The van der Waals surface area contributed by atoms with Gasteiger partial charge in [-0.25, -0.2) is 4.79 Å². The van der Waals surface area contributed by atoms with E-state index in [9.17, 15) is 18.0 Å². The molecule has 0 amide bonds. The lowest BCUT2D eigenvalue weighted by Gasteiger charge is -2.19. The van der Waals surface area contributed by atoms with Crippen LogP contribution in [-0.4, -0.2) is 19.4 Å². The number of benzene rings is 3. The third-order valence-corrected chi connectivity index (χ3v) is 5.82. The maximum Gasteiger partial charge on any atom is 0.573 e. The van der Waals surface area contributed by atoms with Crippen LogP contribution in [0.15, 0.2) is 76.5 Å². The van der Waals surface area contributed by atoms with Crippen LogP contribution in [-0.2, 0) is 10.2 Å². The van der Waals surface area contributed by atoms with Crippen molar-refractivity contribution < 1.29 is 27.4 Å². The van der Waals surface area contributed by atoms with E-state index in [0.717, 1.165) is 10.5 Å². The van der Waals surface area contributed by atoms with Gasteiger partial charge in [0.05, 0.1) is 12.7 Å². The van der Waals surface area contributed by atoms with Gasteiger partial charge in [-0.15, -0.1) is 13.2 Å². The topological polar surface area (TPSA) is 35.5 Å². The molecule has 3 rings (SSSR count). The lowest BCUT2D eigenvalue weighted by Crippen LogP contribution is -2.16. The van der Waals surface area contributed by atoms with Gasteiger partial charge in [0, 0.05) is 9.79 Å². The summed E-state index contributed by atoms with van der Waals surface area (Å²) < 4.78 is 46.0. The van der Waals surface area contributed by atoms with Gasteiger partial charge in [-0.05, 0) is 58.5 Å². The summed E-state index contributed by atoms with van der Waals surface area (Å²) in [5.74, 6) is -0.750. The molecule has 0 unspecified atom stereocenters. The molecule has 3 aromatic rings. The van der Waals surface area contributed by atoms with Crippen LogP contribution < -0.4 is 4.74 Å². The van der Waals surface area contributed by atoms with Crippen molar-refractivity contribution in [3.05, 3.63) is 77.9 Å². The normalized spacial score (nSPS) is 11.8. The van der Waals surface area contributed by atoms with Gasteiger partial charge in [-0.1, -0.05) is 62.9 Å². The first-order valence-electron chi connectivity index (χ1n) is 9.83. The summed E-state index contributed by atoms with van der Waals surface area (Å²) in [4.78, 5) is 13.9. The van der Waals surface area contributed by atoms with E-state index in [1.807, 2.05) is 18.2 Å². The Morgan fingerprint density at radius 2 is 1.44 bits per heavy atom. The van der Waals surface area contributed by atoms with Gasteiger partial charge in [-0.3, -0.25) is 0 Å². The first-order valence-corrected chi connectivity index (χ1v) is 10.6. The molecule has 0 heterocycles. The number of esters is 1. The molecule has 0 spiro atoms. The van der Waals surface area contributed by atoms with Gasteiger partial charge in [0.1, 0.15) is 5.75 Å². The molecule has 0 saturated heterocycles. The second kappa shape index (κ2) is 9.28. The van der Waals surface area contributed by atoms with Crippen LogP contribution in [0.3, 0.4) is 0 Å². The van der Waals surface area contributed by atoms with Crippen LogP contribution in [0, 0.1) is 0 Å². The maximum atomic E-state index is 12.4. The largest absolute Gasteiger partial charge is 0.573 e. The van der Waals surface area contributed by atoms with E-state index in [0.29, 0.717) is 16.0 Å². The number of hydrogen-bond donors (Lipinski definition) is 0. The molecule has 0 atom stereocenters. The summed E-state index contributed by atoms with van der Waals surface area (Å²) in [5.41, 5.74) is 3.09. The number of carbonyl (C=O) groups excluding carboxylic acids is 1. The van der Waals surface area contributed by atoms with E-state index in [2.05, 4.69) is 37.6 Å². The number of hydrogen-bond acceptors (Lipinski definition) is 4. The predicted octanol–water partition coefficient (Wildman–Crippen LogP) is 7.49. The van der Waals surface area contributed by atoms with Crippen molar-refractivity contribution in [3.63, 3.8) is 0 Å². The second-order valence-corrected chi connectivity index (χ2v) is 9.27. The van der Waals surface area contributed by atoms with Crippen molar-refractivity contribution in [3.8, 4) is 16.9 Å². The lowest BCUT2D eigenvalue weighted by molar-refractivity contribution is -0.274. The number of rotatable bonds is 5. The van der Waals surface area contributed by atoms with Gasteiger partial charge in [0.15, 0.2) is 0 Å². The molecular formula is C25H23F3O3S.